The van der Waals surface area contributed by atoms with Crippen LogP contribution in [-0.2, 0) is 16.8 Å². The lowest BCUT2D eigenvalue weighted by Crippen LogP contribution is -2.45. The van der Waals surface area contributed by atoms with E-state index in [0.717, 1.165) is 12.0 Å². The zero-order valence-corrected chi connectivity index (χ0v) is 13.2. The fourth-order valence-electron chi connectivity index (χ4n) is 2.58. The minimum atomic E-state index is -3.55. The predicted molar refractivity (Wildman–Crippen MR) is 80.2 cm³/mol. The first-order valence-electron chi connectivity index (χ1n) is 6.96. The van der Waals surface area contributed by atoms with E-state index < -0.39 is 10.2 Å². The van der Waals surface area contributed by atoms with E-state index in [-0.39, 0.29) is 19.2 Å². The summed E-state index contributed by atoms with van der Waals surface area (Å²) in [7, 11) is -0.416. The Morgan fingerprint density at radius 3 is 2.90 bits per heavy atom. The van der Waals surface area contributed by atoms with Gasteiger partial charge in [-0.3, -0.25) is 0 Å². The van der Waals surface area contributed by atoms with Gasteiger partial charge in [-0.15, -0.1) is 0 Å². The van der Waals surface area contributed by atoms with Crippen LogP contribution in [0.2, 0.25) is 0 Å². The van der Waals surface area contributed by atoms with E-state index >= 15 is 0 Å². The van der Waals surface area contributed by atoms with Crippen LogP contribution in [0.1, 0.15) is 18.4 Å². The highest BCUT2D eigenvalue weighted by Gasteiger charge is 2.36. The molecule has 0 unspecified atom stereocenters. The maximum absolute atomic E-state index is 12.6. The fraction of sp³-hybridized carbons (Fsp3) is 0.571. The van der Waals surface area contributed by atoms with Crippen molar-refractivity contribution >= 4 is 10.2 Å². The lowest BCUT2D eigenvalue weighted by atomic mass is 10.2. The first-order valence-corrected chi connectivity index (χ1v) is 8.35. The number of hydrogen-bond donors (Lipinski definition) is 1. The molecule has 6 nitrogen and oxygen atoms in total. The lowest BCUT2D eigenvalue weighted by Gasteiger charge is -2.28. The molecule has 0 bridgehead atoms. The summed E-state index contributed by atoms with van der Waals surface area (Å²) in [6.07, 6.45) is 1.50. The Kier molecular flexibility index (Phi) is 5.21. The second kappa shape index (κ2) is 6.74. The molecule has 0 aliphatic carbocycles. The Morgan fingerprint density at radius 2 is 2.24 bits per heavy atom. The molecule has 118 valence electrons. The number of hydrogen-bond acceptors (Lipinski definition) is 4. The predicted octanol–water partition coefficient (Wildman–Crippen LogP) is 0.829. The standard InChI is InChI=1S/C14H22N2O4S/c1-15(10-12-5-3-7-14(9-12)20-2)21(18,19)16-8-4-6-13(16)11-17/h3,5,7,9,13,17H,4,6,8,10-11H2,1-2H3/t13-/m1/s1. The molecule has 1 aromatic carbocycles. The Hall–Kier alpha value is -1.15. The summed E-state index contributed by atoms with van der Waals surface area (Å²) in [4.78, 5) is 0. The third kappa shape index (κ3) is 3.55. The van der Waals surface area contributed by atoms with Crippen molar-refractivity contribution in [2.24, 2.45) is 0 Å². The third-order valence-electron chi connectivity index (χ3n) is 3.76. The molecule has 0 amide bonds. The number of rotatable bonds is 6. The van der Waals surface area contributed by atoms with Crippen LogP contribution in [0, 0.1) is 0 Å². The summed E-state index contributed by atoms with van der Waals surface area (Å²) in [5, 5.41) is 9.30. The lowest BCUT2D eigenvalue weighted by molar-refractivity contribution is 0.207. The molecule has 1 aliphatic heterocycles. The van der Waals surface area contributed by atoms with Gasteiger partial charge in [-0.05, 0) is 30.5 Å². The molecule has 7 heteroatoms. The van der Waals surface area contributed by atoms with Crippen LogP contribution >= 0.6 is 0 Å². The van der Waals surface area contributed by atoms with Gasteiger partial charge in [0.25, 0.3) is 10.2 Å². The van der Waals surface area contributed by atoms with E-state index in [4.69, 9.17) is 4.74 Å². The van der Waals surface area contributed by atoms with Gasteiger partial charge in [-0.2, -0.15) is 17.0 Å². The van der Waals surface area contributed by atoms with Gasteiger partial charge in [0.1, 0.15) is 5.75 Å². The highest BCUT2D eigenvalue weighted by molar-refractivity contribution is 7.86. The van der Waals surface area contributed by atoms with Crippen LogP contribution < -0.4 is 4.74 Å². The zero-order chi connectivity index (χ0) is 15.5. The van der Waals surface area contributed by atoms with Crippen molar-refractivity contribution in [2.75, 3.05) is 27.3 Å². The van der Waals surface area contributed by atoms with Crippen molar-refractivity contribution in [1.29, 1.82) is 0 Å². The summed E-state index contributed by atoms with van der Waals surface area (Å²) in [5.41, 5.74) is 0.861. The van der Waals surface area contributed by atoms with Crippen LogP contribution in [0.5, 0.6) is 5.75 Å². The molecular weight excluding hydrogens is 292 g/mol. The molecule has 1 heterocycles. The molecule has 1 N–H and O–H groups in total. The van der Waals surface area contributed by atoms with Crippen LogP contribution in [-0.4, -0.2) is 55.5 Å². The SMILES string of the molecule is COc1cccc(CN(C)S(=O)(=O)N2CCC[C@@H]2CO)c1. The maximum Gasteiger partial charge on any atom is 0.282 e. The largest absolute Gasteiger partial charge is 0.497 e. The van der Waals surface area contributed by atoms with Gasteiger partial charge < -0.3 is 9.84 Å². The Balaban J connectivity index is 2.12. The van der Waals surface area contributed by atoms with E-state index in [1.165, 1.54) is 8.61 Å². The van der Waals surface area contributed by atoms with E-state index in [2.05, 4.69) is 0 Å². The average molecular weight is 314 g/mol. The molecule has 2 rings (SSSR count). The van der Waals surface area contributed by atoms with Crippen molar-refractivity contribution < 1.29 is 18.3 Å². The zero-order valence-electron chi connectivity index (χ0n) is 12.4. The van der Waals surface area contributed by atoms with Crippen molar-refractivity contribution in [3.8, 4) is 5.75 Å². The molecule has 1 aliphatic rings. The molecule has 1 atom stereocenters. The number of aliphatic hydroxyl groups is 1. The van der Waals surface area contributed by atoms with Crippen molar-refractivity contribution in [1.82, 2.24) is 8.61 Å². The first-order chi connectivity index (χ1) is 9.98. The monoisotopic (exact) mass is 314 g/mol. The quantitative estimate of drug-likeness (QED) is 0.844. The fourth-order valence-corrected chi connectivity index (χ4v) is 4.16. The Bertz CT molecular complexity index is 576. The summed E-state index contributed by atoms with van der Waals surface area (Å²) in [6.45, 7) is 0.608. The maximum atomic E-state index is 12.6. The smallest absolute Gasteiger partial charge is 0.282 e. The van der Waals surface area contributed by atoms with Gasteiger partial charge in [-0.25, -0.2) is 0 Å². The van der Waals surface area contributed by atoms with Crippen LogP contribution in [0.3, 0.4) is 0 Å². The van der Waals surface area contributed by atoms with E-state index in [1.807, 2.05) is 24.3 Å². The summed E-state index contributed by atoms with van der Waals surface area (Å²) >= 11 is 0. The van der Waals surface area contributed by atoms with Crippen LogP contribution in [0.25, 0.3) is 0 Å². The Morgan fingerprint density at radius 1 is 1.48 bits per heavy atom. The molecule has 1 saturated heterocycles. The van der Waals surface area contributed by atoms with Gasteiger partial charge in [0.05, 0.1) is 13.7 Å². The second-order valence-electron chi connectivity index (χ2n) is 5.20. The normalized spacial score (nSPS) is 20.1. The third-order valence-corrected chi connectivity index (χ3v) is 5.75. The van der Waals surface area contributed by atoms with Gasteiger partial charge >= 0.3 is 0 Å². The van der Waals surface area contributed by atoms with Crippen molar-refractivity contribution in [2.45, 2.75) is 25.4 Å². The number of nitrogens with zero attached hydrogens (tertiary/aromatic N) is 2. The topological polar surface area (TPSA) is 70.1 Å². The number of aliphatic hydroxyl groups excluding tert-OH is 1. The average Bonchev–Trinajstić information content (AvgIpc) is 2.96. The summed E-state index contributed by atoms with van der Waals surface area (Å²) in [6, 6.07) is 7.03. The molecule has 0 aromatic heterocycles. The highest BCUT2D eigenvalue weighted by atomic mass is 32.2. The van der Waals surface area contributed by atoms with E-state index in [9.17, 15) is 13.5 Å². The molecule has 0 saturated carbocycles. The first kappa shape index (κ1) is 16.2. The molecule has 21 heavy (non-hydrogen) atoms. The van der Waals surface area contributed by atoms with Gasteiger partial charge in [0, 0.05) is 26.2 Å². The second-order valence-corrected chi connectivity index (χ2v) is 7.19. The van der Waals surface area contributed by atoms with Crippen molar-refractivity contribution in [3.63, 3.8) is 0 Å². The minimum absolute atomic E-state index is 0.133. The van der Waals surface area contributed by atoms with Crippen LogP contribution in [0.15, 0.2) is 24.3 Å². The molecule has 1 fully saturated rings. The number of methoxy groups -OCH3 is 1. The summed E-state index contributed by atoms with van der Waals surface area (Å²) < 4.78 is 33.0. The van der Waals surface area contributed by atoms with Gasteiger partial charge in [-0.1, -0.05) is 12.1 Å². The molecule has 0 radical (unpaired) electrons. The summed E-state index contributed by atoms with van der Waals surface area (Å²) in [5.74, 6) is 0.702. The molecule has 1 aromatic rings. The highest BCUT2D eigenvalue weighted by Crippen LogP contribution is 2.23. The van der Waals surface area contributed by atoms with Gasteiger partial charge in [0.15, 0.2) is 0 Å². The minimum Gasteiger partial charge on any atom is -0.497 e. The number of ether oxygens (including phenoxy) is 1. The van der Waals surface area contributed by atoms with E-state index in [0.29, 0.717) is 18.7 Å². The van der Waals surface area contributed by atoms with Crippen LogP contribution in [0.4, 0.5) is 0 Å². The van der Waals surface area contributed by atoms with E-state index in [1.54, 1.807) is 14.2 Å². The number of benzene rings is 1. The molecule has 0 spiro atoms. The molecular formula is C14H22N2O4S. The van der Waals surface area contributed by atoms with Gasteiger partial charge in [0.2, 0.25) is 0 Å². The Labute approximate surface area is 126 Å². The van der Waals surface area contributed by atoms with Crippen molar-refractivity contribution in [3.05, 3.63) is 29.8 Å².